The van der Waals surface area contributed by atoms with E-state index in [2.05, 4.69) is 36.1 Å². The van der Waals surface area contributed by atoms with Crippen LogP contribution in [-0.4, -0.2) is 43.6 Å². The number of amides is 2. The third-order valence-corrected chi connectivity index (χ3v) is 3.23. The second-order valence-electron chi connectivity index (χ2n) is 7.23. The number of rotatable bonds is 1. The van der Waals surface area contributed by atoms with Gasteiger partial charge in [-0.15, -0.1) is 0 Å². The molecule has 2 amide bonds. The van der Waals surface area contributed by atoms with Crippen molar-refractivity contribution < 1.29 is 19.1 Å². The monoisotopic (exact) mass is 413 g/mol. The van der Waals surface area contributed by atoms with Gasteiger partial charge < -0.3 is 9.47 Å². The van der Waals surface area contributed by atoms with Gasteiger partial charge in [0.05, 0.1) is 5.39 Å². The summed E-state index contributed by atoms with van der Waals surface area (Å²) < 4.78 is 11.0. The van der Waals surface area contributed by atoms with Crippen molar-refractivity contribution >= 4 is 45.0 Å². The molecule has 2 heterocycles. The van der Waals surface area contributed by atoms with Gasteiger partial charge in [0.25, 0.3) is 0 Å². The van der Waals surface area contributed by atoms with Crippen molar-refractivity contribution in [2.24, 2.45) is 0 Å². The van der Waals surface area contributed by atoms with Crippen molar-refractivity contribution in [3.63, 3.8) is 0 Å². The number of nitrogens with zero attached hydrogens (tertiary/aromatic N) is 4. The number of halogens is 1. The largest absolute Gasteiger partial charge is 0.443 e. The van der Waals surface area contributed by atoms with Gasteiger partial charge in [-0.25, -0.2) is 19.6 Å². The summed E-state index contributed by atoms with van der Waals surface area (Å²) in [5.74, 6) is 0.00845. The molecule has 2 aromatic rings. The van der Waals surface area contributed by atoms with E-state index in [1.54, 1.807) is 41.5 Å². The number of aromatic nitrogens is 4. The fraction of sp³-hybridized carbons (Fsp3) is 0.533. The van der Waals surface area contributed by atoms with Crippen molar-refractivity contribution in [3.8, 4) is 0 Å². The average Bonchev–Trinajstić information content (AvgIpc) is 2.77. The van der Waals surface area contributed by atoms with Crippen LogP contribution in [0.15, 0.2) is 10.9 Å². The summed E-state index contributed by atoms with van der Waals surface area (Å²) >= 11 is 3.25. The van der Waals surface area contributed by atoms with E-state index in [1.807, 2.05) is 0 Å². The lowest BCUT2D eigenvalue weighted by Crippen LogP contribution is -2.44. The average molecular weight is 414 g/mol. The molecule has 0 spiro atoms. The van der Waals surface area contributed by atoms with Crippen LogP contribution in [-0.2, 0) is 9.47 Å². The minimum atomic E-state index is -0.908. The molecule has 0 aliphatic carbocycles. The zero-order valence-electron chi connectivity index (χ0n) is 14.9. The zero-order valence-corrected chi connectivity index (χ0v) is 16.5. The fourth-order valence-corrected chi connectivity index (χ4v) is 2.29. The highest BCUT2D eigenvalue weighted by molar-refractivity contribution is 9.10. The maximum Gasteiger partial charge on any atom is 0.425 e. The molecule has 0 aromatic carbocycles. The van der Waals surface area contributed by atoms with E-state index in [4.69, 9.17) is 9.47 Å². The molecule has 1 N–H and O–H groups in total. The zero-order chi connectivity index (χ0) is 19.0. The van der Waals surface area contributed by atoms with Crippen molar-refractivity contribution in [1.82, 2.24) is 20.2 Å². The topological polar surface area (TPSA) is 110 Å². The van der Waals surface area contributed by atoms with Crippen LogP contribution >= 0.6 is 15.9 Å². The number of nitrogens with one attached hydrogen (secondary N) is 1. The predicted octanol–water partition coefficient (Wildman–Crippen LogP) is 3.79. The molecule has 9 nitrogen and oxygen atoms in total. The van der Waals surface area contributed by atoms with Crippen LogP contribution in [0.1, 0.15) is 41.5 Å². The molecule has 0 bridgehead atoms. The Morgan fingerprint density at radius 2 is 1.56 bits per heavy atom. The Morgan fingerprint density at radius 3 is 2.04 bits per heavy atom. The van der Waals surface area contributed by atoms with Crippen LogP contribution in [0.5, 0.6) is 0 Å². The first kappa shape index (κ1) is 19.1. The molecule has 0 saturated heterocycles. The van der Waals surface area contributed by atoms with Crippen molar-refractivity contribution in [1.29, 1.82) is 0 Å². The number of hydrogen-bond donors (Lipinski definition) is 1. The number of carbonyl (C=O) groups excluding carboxylic acids is 2. The Labute approximate surface area is 153 Å². The lowest BCUT2D eigenvalue weighted by Gasteiger charge is -2.28. The third kappa shape index (κ3) is 4.65. The molecular formula is C15H20BrN5O4. The van der Waals surface area contributed by atoms with Gasteiger partial charge >= 0.3 is 12.2 Å². The maximum atomic E-state index is 12.7. The van der Waals surface area contributed by atoms with E-state index in [-0.39, 0.29) is 5.82 Å². The summed E-state index contributed by atoms with van der Waals surface area (Å²) in [5, 5.41) is 7.00. The molecule has 0 aliphatic rings. The number of ether oxygens (including phenoxy) is 2. The van der Waals surface area contributed by atoms with E-state index >= 15 is 0 Å². The summed E-state index contributed by atoms with van der Waals surface area (Å²) in [6, 6.07) is 0. The van der Waals surface area contributed by atoms with Crippen LogP contribution in [0, 0.1) is 0 Å². The first-order valence-corrected chi connectivity index (χ1v) is 8.29. The predicted molar refractivity (Wildman–Crippen MR) is 94.3 cm³/mol. The van der Waals surface area contributed by atoms with Gasteiger partial charge in [0.2, 0.25) is 0 Å². The molecule has 10 heteroatoms. The maximum absolute atomic E-state index is 12.7. The third-order valence-electron chi connectivity index (χ3n) is 2.66. The Balaban J connectivity index is 2.55. The molecule has 0 fully saturated rings. The minimum absolute atomic E-state index is 0.00845. The summed E-state index contributed by atoms with van der Waals surface area (Å²) in [6.45, 7) is 10.2. The van der Waals surface area contributed by atoms with E-state index in [0.29, 0.717) is 15.6 Å². The van der Waals surface area contributed by atoms with Gasteiger partial charge in [-0.2, -0.15) is 10.00 Å². The van der Waals surface area contributed by atoms with Crippen LogP contribution in [0.4, 0.5) is 15.4 Å². The first-order chi connectivity index (χ1) is 11.4. The highest BCUT2D eigenvalue weighted by atomic mass is 79.9. The second kappa shape index (κ2) is 6.58. The number of fused-ring (bicyclic) bond motifs is 1. The molecule has 2 rings (SSSR count). The normalized spacial score (nSPS) is 12.1. The Morgan fingerprint density at radius 1 is 1.04 bits per heavy atom. The van der Waals surface area contributed by atoms with E-state index in [1.165, 1.54) is 6.33 Å². The van der Waals surface area contributed by atoms with E-state index < -0.39 is 23.4 Å². The molecule has 0 aliphatic heterocycles. The van der Waals surface area contributed by atoms with Gasteiger partial charge in [0, 0.05) is 0 Å². The highest BCUT2D eigenvalue weighted by Gasteiger charge is 2.35. The first-order valence-electron chi connectivity index (χ1n) is 7.50. The molecule has 0 saturated carbocycles. The second-order valence-corrected chi connectivity index (χ2v) is 7.98. The van der Waals surface area contributed by atoms with E-state index in [9.17, 15) is 9.59 Å². The Hall–Kier alpha value is -2.23. The van der Waals surface area contributed by atoms with Gasteiger partial charge in [-0.1, -0.05) is 0 Å². The van der Waals surface area contributed by atoms with Crippen LogP contribution in [0.3, 0.4) is 0 Å². The number of hydrogen-bond acceptors (Lipinski definition) is 7. The number of aromatic amines is 1. The number of carbonyl (C=O) groups is 2. The summed E-state index contributed by atoms with van der Waals surface area (Å²) in [5.41, 5.74) is -1.26. The van der Waals surface area contributed by atoms with Gasteiger partial charge in [0.15, 0.2) is 11.5 Å². The summed E-state index contributed by atoms with van der Waals surface area (Å²) in [4.78, 5) is 34.1. The Bertz CT molecular complexity index is 778. The molecule has 25 heavy (non-hydrogen) atoms. The number of imide groups is 1. The van der Waals surface area contributed by atoms with Crippen LogP contribution in [0.25, 0.3) is 11.0 Å². The van der Waals surface area contributed by atoms with Crippen molar-refractivity contribution in [3.05, 3.63) is 10.9 Å². The minimum Gasteiger partial charge on any atom is -0.443 e. The molecular weight excluding hydrogens is 394 g/mol. The quantitative estimate of drug-likeness (QED) is 0.756. The SMILES string of the molecule is CC(C)(C)OC(=O)N(C(=O)OC(C)(C)C)c1ncnc2[nH]nc(Br)c12. The Kier molecular flexibility index (Phi) is 5.03. The van der Waals surface area contributed by atoms with Gasteiger partial charge in [-0.3, -0.25) is 5.10 Å². The van der Waals surface area contributed by atoms with Crippen LogP contribution < -0.4 is 4.90 Å². The lowest BCUT2D eigenvalue weighted by molar-refractivity contribution is 0.0429. The highest BCUT2D eigenvalue weighted by Crippen LogP contribution is 2.30. The van der Waals surface area contributed by atoms with Crippen LogP contribution in [0.2, 0.25) is 0 Å². The molecule has 136 valence electrons. The number of anilines is 1. The van der Waals surface area contributed by atoms with Gasteiger partial charge in [0.1, 0.15) is 22.1 Å². The fourth-order valence-electron chi connectivity index (χ4n) is 1.84. The van der Waals surface area contributed by atoms with E-state index in [0.717, 1.165) is 4.90 Å². The lowest BCUT2D eigenvalue weighted by atomic mass is 10.2. The molecule has 0 radical (unpaired) electrons. The molecule has 2 aromatic heterocycles. The molecule has 0 unspecified atom stereocenters. The summed E-state index contributed by atoms with van der Waals surface area (Å²) in [6.07, 6.45) is -0.603. The molecule has 0 atom stereocenters. The number of H-pyrrole nitrogens is 1. The van der Waals surface area contributed by atoms with Crippen molar-refractivity contribution in [2.45, 2.75) is 52.7 Å². The smallest absolute Gasteiger partial charge is 0.425 e. The van der Waals surface area contributed by atoms with Gasteiger partial charge in [-0.05, 0) is 57.5 Å². The summed E-state index contributed by atoms with van der Waals surface area (Å²) in [7, 11) is 0. The van der Waals surface area contributed by atoms with Crippen molar-refractivity contribution in [2.75, 3.05) is 4.90 Å². The standard InChI is InChI=1S/C15H20BrN5O4/c1-14(2,3)24-12(22)21(13(23)25-15(4,5)6)11-8-9(16)19-20-10(8)17-7-18-11/h7H,1-6H3,(H,17,18,19,20).